The number of imidazole rings is 1. The third-order valence-corrected chi connectivity index (χ3v) is 2.89. The highest BCUT2D eigenvalue weighted by atomic mass is 32.1. The van der Waals surface area contributed by atoms with E-state index in [1.807, 2.05) is 23.8 Å². The lowest BCUT2D eigenvalue weighted by atomic mass is 10.4. The second-order valence-electron chi connectivity index (χ2n) is 3.20. The fraction of sp³-hybridized carbons (Fsp3) is 0.333. The number of rotatable bonds is 2. The van der Waals surface area contributed by atoms with Crippen molar-refractivity contribution in [3.8, 4) is 0 Å². The molecule has 2 rings (SSSR count). The maximum Gasteiger partial charge on any atom is 0.200 e. The summed E-state index contributed by atoms with van der Waals surface area (Å²) < 4.78 is 1.95. The number of hydrogen-bond donors (Lipinski definition) is 1. The van der Waals surface area contributed by atoms with E-state index in [1.54, 1.807) is 17.5 Å². The summed E-state index contributed by atoms with van der Waals surface area (Å²) in [5.41, 5.74) is 7.83. The number of nitrogens with two attached hydrogens (primary N) is 1. The summed E-state index contributed by atoms with van der Waals surface area (Å²) >= 11 is 1.65. The van der Waals surface area contributed by atoms with Gasteiger partial charge in [-0.2, -0.15) is 0 Å². The van der Waals surface area contributed by atoms with Crippen LogP contribution in [0.2, 0.25) is 0 Å². The Labute approximate surface area is 86.4 Å². The molecule has 0 aliphatic rings. The second-order valence-corrected chi connectivity index (χ2v) is 4.26. The predicted octanol–water partition coefficient (Wildman–Crippen LogP) is 1.59. The van der Waals surface area contributed by atoms with Gasteiger partial charge >= 0.3 is 0 Å². The molecular formula is C9H12N4S. The van der Waals surface area contributed by atoms with Crippen molar-refractivity contribution in [3.05, 3.63) is 28.0 Å². The monoisotopic (exact) mass is 208 g/mol. The molecule has 0 unspecified atom stereocenters. The van der Waals surface area contributed by atoms with Crippen LogP contribution >= 0.6 is 11.3 Å². The van der Waals surface area contributed by atoms with Gasteiger partial charge in [-0.15, -0.1) is 11.3 Å². The summed E-state index contributed by atoms with van der Waals surface area (Å²) in [6, 6.07) is 0. The first-order valence-corrected chi connectivity index (χ1v) is 5.23. The first kappa shape index (κ1) is 9.21. The van der Waals surface area contributed by atoms with Crippen LogP contribution in [-0.4, -0.2) is 14.5 Å². The first-order valence-electron chi connectivity index (χ1n) is 4.35. The molecule has 0 spiro atoms. The van der Waals surface area contributed by atoms with E-state index in [1.165, 1.54) is 0 Å². The van der Waals surface area contributed by atoms with E-state index in [-0.39, 0.29) is 0 Å². The van der Waals surface area contributed by atoms with Gasteiger partial charge in [0.1, 0.15) is 0 Å². The Morgan fingerprint density at radius 2 is 2.29 bits per heavy atom. The summed E-state index contributed by atoms with van der Waals surface area (Å²) in [5, 5.41) is 3.13. The second kappa shape index (κ2) is 3.42. The van der Waals surface area contributed by atoms with Gasteiger partial charge in [0.25, 0.3) is 0 Å². The van der Waals surface area contributed by atoms with Crippen molar-refractivity contribution >= 4 is 17.3 Å². The smallest absolute Gasteiger partial charge is 0.200 e. The molecule has 5 heteroatoms. The average Bonchev–Trinajstić information content (AvgIpc) is 2.67. The van der Waals surface area contributed by atoms with Crippen LogP contribution in [0.5, 0.6) is 0 Å². The summed E-state index contributed by atoms with van der Waals surface area (Å²) in [5.74, 6) is 0.549. The lowest BCUT2D eigenvalue weighted by molar-refractivity contribution is 0.764. The van der Waals surface area contributed by atoms with Gasteiger partial charge < -0.3 is 10.3 Å². The molecule has 14 heavy (non-hydrogen) atoms. The van der Waals surface area contributed by atoms with Crippen LogP contribution in [0.25, 0.3) is 0 Å². The zero-order chi connectivity index (χ0) is 10.1. The Bertz CT molecular complexity index is 424. The largest absolute Gasteiger partial charge is 0.369 e. The summed E-state index contributed by atoms with van der Waals surface area (Å²) in [4.78, 5) is 8.42. The van der Waals surface area contributed by atoms with Crippen LogP contribution in [-0.2, 0) is 6.54 Å². The lowest BCUT2D eigenvalue weighted by Gasteiger charge is -2.04. The number of hydrogen-bond acceptors (Lipinski definition) is 4. The van der Waals surface area contributed by atoms with Gasteiger partial charge in [-0.25, -0.2) is 9.97 Å². The predicted molar refractivity (Wildman–Crippen MR) is 57.3 cm³/mol. The van der Waals surface area contributed by atoms with E-state index in [0.717, 1.165) is 16.4 Å². The Hall–Kier alpha value is -1.36. The third-order valence-electron chi connectivity index (χ3n) is 2.07. The van der Waals surface area contributed by atoms with E-state index >= 15 is 0 Å². The number of nitrogen functional groups attached to an aromatic ring is 1. The van der Waals surface area contributed by atoms with E-state index < -0.39 is 0 Å². The molecule has 0 radical (unpaired) electrons. The van der Waals surface area contributed by atoms with Crippen molar-refractivity contribution in [1.82, 2.24) is 14.5 Å². The topological polar surface area (TPSA) is 56.7 Å². The fourth-order valence-corrected chi connectivity index (χ4v) is 1.93. The molecule has 0 amide bonds. The molecule has 0 aliphatic heterocycles. The molecule has 0 atom stereocenters. The van der Waals surface area contributed by atoms with Crippen LogP contribution in [0.15, 0.2) is 11.6 Å². The zero-order valence-corrected chi connectivity index (χ0v) is 9.01. The Kier molecular flexibility index (Phi) is 2.25. The Balaban J connectivity index is 2.26. The number of aryl methyl sites for hydroxylation is 2. The molecular weight excluding hydrogens is 196 g/mol. The minimum atomic E-state index is 0.549. The van der Waals surface area contributed by atoms with Crippen molar-refractivity contribution in [2.45, 2.75) is 20.4 Å². The van der Waals surface area contributed by atoms with Crippen LogP contribution in [0.3, 0.4) is 0 Å². The number of nitrogens with zero attached hydrogens (tertiary/aromatic N) is 3. The molecule has 0 aromatic carbocycles. The average molecular weight is 208 g/mol. The van der Waals surface area contributed by atoms with E-state index in [0.29, 0.717) is 12.5 Å². The molecule has 4 nitrogen and oxygen atoms in total. The Morgan fingerprint density at radius 3 is 2.79 bits per heavy atom. The third kappa shape index (κ3) is 1.63. The highest BCUT2D eigenvalue weighted by Gasteiger charge is 2.05. The van der Waals surface area contributed by atoms with E-state index in [9.17, 15) is 0 Å². The maximum absolute atomic E-state index is 5.72. The molecule has 0 saturated heterocycles. The summed E-state index contributed by atoms with van der Waals surface area (Å²) in [6.07, 6.45) is 1.77. The van der Waals surface area contributed by atoms with Crippen molar-refractivity contribution < 1.29 is 0 Å². The van der Waals surface area contributed by atoms with Gasteiger partial charge in [0, 0.05) is 11.1 Å². The van der Waals surface area contributed by atoms with Gasteiger partial charge in [-0.3, -0.25) is 0 Å². The van der Waals surface area contributed by atoms with Crippen LogP contribution in [0.4, 0.5) is 5.95 Å². The molecule has 2 heterocycles. The van der Waals surface area contributed by atoms with Crippen LogP contribution in [0.1, 0.15) is 16.4 Å². The van der Waals surface area contributed by atoms with Gasteiger partial charge in [0.2, 0.25) is 5.95 Å². The number of thiazole rings is 1. The van der Waals surface area contributed by atoms with Crippen molar-refractivity contribution in [1.29, 1.82) is 0 Å². The molecule has 0 aliphatic carbocycles. The zero-order valence-electron chi connectivity index (χ0n) is 8.19. The lowest BCUT2D eigenvalue weighted by Crippen LogP contribution is -2.06. The van der Waals surface area contributed by atoms with Crippen molar-refractivity contribution in [2.75, 3.05) is 5.73 Å². The molecule has 0 saturated carbocycles. The van der Waals surface area contributed by atoms with Crippen LogP contribution in [0, 0.1) is 13.8 Å². The quantitative estimate of drug-likeness (QED) is 0.815. The SMILES string of the molecule is Cc1nc(Cn2c(C)cnc2N)cs1. The normalized spacial score (nSPS) is 10.7. The molecule has 2 aromatic heterocycles. The maximum atomic E-state index is 5.72. The standard InChI is InChI=1S/C9H12N4S/c1-6-3-11-9(10)13(6)4-8-5-14-7(2)12-8/h3,5H,4H2,1-2H3,(H2,10,11). The molecule has 2 N–H and O–H groups in total. The molecule has 0 fully saturated rings. The van der Waals surface area contributed by atoms with Crippen molar-refractivity contribution in [3.63, 3.8) is 0 Å². The Morgan fingerprint density at radius 1 is 1.50 bits per heavy atom. The van der Waals surface area contributed by atoms with Crippen LogP contribution < -0.4 is 5.73 Å². The van der Waals surface area contributed by atoms with E-state index in [4.69, 9.17) is 5.73 Å². The minimum absolute atomic E-state index is 0.549. The summed E-state index contributed by atoms with van der Waals surface area (Å²) in [7, 11) is 0. The molecule has 2 aromatic rings. The van der Waals surface area contributed by atoms with Crippen molar-refractivity contribution in [2.24, 2.45) is 0 Å². The number of aromatic nitrogens is 3. The van der Waals surface area contributed by atoms with E-state index in [2.05, 4.69) is 9.97 Å². The minimum Gasteiger partial charge on any atom is -0.369 e. The van der Waals surface area contributed by atoms with Gasteiger partial charge in [0.05, 0.1) is 23.4 Å². The first-order chi connectivity index (χ1) is 6.66. The van der Waals surface area contributed by atoms with Gasteiger partial charge in [0.15, 0.2) is 0 Å². The fourth-order valence-electron chi connectivity index (χ4n) is 1.33. The molecule has 74 valence electrons. The van der Waals surface area contributed by atoms with Gasteiger partial charge in [-0.05, 0) is 13.8 Å². The summed E-state index contributed by atoms with van der Waals surface area (Å²) in [6.45, 7) is 4.70. The number of anilines is 1. The van der Waals surface area contributed by atoms with Gasteiger partial charge in [-0.1, -0.05) is 0 Å². The highest BCUT2D eigenvalue weighted by Crippen LogP contribution is 2.13. The highest BCUT2D eigenvalue weighted by molar-refractivity contribution is 7.09. The molecule has 0 bridgehead atoms.